The van der Waals surface area contributed by atoms with E-state index in [1.165, 1.54) is 0 Å². The van der Waals surface area contributed by atoms with Crippen molar-refractivity contribution in [3.05, 3.63) is 0 Å². The third-order valence-electron chi connectivity index (χ3n) is 1.89. The fraction of sp³-hybridized carbons (Fsp3) is 0.750. The molecule has 0 bridgehead atoms. The average molecular weight is 189 g/mol. The van der Waals surface area contributed by atoms with E-state index in [1.54, 1.807) is 0 Å². The van der Waals surface area contributed by atoms with Crippen molar-refractivity contribution in [2.45, 2.75) is 32.2 Å². The monoisotopic (exact) mass is 189 g/mol. The number of carboxylic acid groups (broad SMARTS) is 2. The van der Waals surface area contributed by atoms with Gasteiger partial charge in [0.15, 0.2) is 0 Å². The van der Waals surface area contributed by atoms with Gasteiger partial charge in [0.2, 0.25) is 0 Å². The van der Waals surface area contributed by atoms with E-state index in [9.17, 15) is 9.59 Å². The molecule has 0 rings (SSSR count). The maximum Gasteiger partial charge on any atom is 0.320 e. The normalized spacial score (nSPS) is 14.9. The smallest absolute Gasteiger partial charge is 0.320 e. The predicted molar refractivity (Wildman–Crippen MR) is 46.3 cm³/mol. The number of hydrogen-bond acceptors (Lipinski definition) is 3. The molecule has 13 heavy (non-hydrogen) atoms. The zero-order valence-corrected chi connectivity index (χ0v) is 7.56. The minimum atomic E-state index is -1.14. The molecule has 5 heteroatoms. The molecule has 0 fully saturated rings. The number of hydrogen-bond donors (Lipinski definition) is 3. The predicted octanol–water partition coefficient (Wildman–Crippen LogP) is 0.289. The zero-order chi connectivity index (χ0) is 10.4. The molecule has 0 aliphatic rings. The van der Waals surface area contributed by atoms with Gasteiger partial charge < -0.3 is 15.9 Å². The Morgan fingerprint density at radius 1 is 1.38 bits per heavy atom. The highest BCUT2D eigenvalue weighted by atomic mass is 16.4. The van der Waals surface area contributed by atoms with Gasteiger partial charge in [-0.2, -0.15) is 0 Å². The molecule has 0 amide bonds. The molecule has 0 saturated carbocycles. The van der Waals surface area contributed by atoms with Crippen molar-refractivity contribution >= 4 is 11.9 Å². The fourth-order valence-electron chi connectivity index (χ4n) is 1.21. The first kappa shape index (κ1) is 11.9. The van der Waals surface area contributed by atoms with Gasteiger partial charge in [-0.1, -0.05) is 13.3 Å². The number of rotatable bonds is 6. The van der Waals surface area contributed by atoms with Crippen molar-refractivity contribution in [2.75, 3.05) is 0 Å². The van der Waals surface area contributed by atoms with Crippen molar-refractivity contribution in [3.63, 3.8) is 0 Å². The minimum absolute atomic E-state index is 0.179. The first-order valence-corrected chi connectivity index (χ1v) is 4.19. The molecule has 4 N–H and O–H groups in total. The van der Waals surface area contributed by atoms with Gasteiger partial charge in [0, 0.05) is 0 Å². The molecule has 5 nitrogen and oxygen atoms in total. The van der Waals surface area contributed by atoms with Gasteiger partial charge >= 0.3 is 11.9 Å². The van der Waals surface area contributed by atoms with Gasteiger partial charge in [-0.05, 0) is 12.3 Å². The molecule has 0 heterocycles. The Bertz CT molecular complexity index is 193. The Morgan fingerprint density at radius 3 is 2.23 bits per heavy atom. The molecule has 0 unspecified atom stereocenters. The third-order valence-corrected chi connectivity index (χ3v) is 1.89. The number of carboxylic acids is 2. The van der Waals surface area contributed by atoms with Crippen LogP contribution in [0.25, 0.3) is 0 Å². The highest BCUT2D eigenvalue weighted by Crippen LogP contribution is 2.14. The lowest BCUT2D eigenvalue weighted by Crippen LogP contribution is -2.39. The van der Waals surface area contributed by atoms with Crippen LogP contribution in [0, 0.1) is 5.92 Å². The standard InChI is InChI=1S/C8H15NO4/c1-2-3-5(4-6(10)11)7(9)8(12)13/h5,7H,2-4,9H2,1H3,(H,10,11)(H,12,13)/t5-,7+/m1/s1. The summed E-state index contributed by atoms with van der Waals surface area (Å²) in [5, 5.41) is 17.1. The summed E-state index contributed by atoms with van der Waals surface area (Å²) < 4.78 is 0. The maximum atomic E-state index is 10.5. The van der Waals surface area contributed by atoms with E-state index in [-0.39, 0.29) is 6.42 Å². The summed E-state index contributed by atoms with van der Waals surface area (Å²) in [5.74, 6) is -2.62. The quantitative estimate of drug-likeness (QED) is 0.557. The van der Waals surface area contributed by atoms with Gasteiger partial charge in [-0.25, -0.2) is 0 Å². The summed E-state index contributed by atoms with van der Waals surface area (Å²) in [6, 6.07) is -1.07. The van der Waals surface area contributed by atoms with Crippen molar-refractivity contribution in [1.82, 2.24) is 0 Å². The van der Waals surface area contributed by atoms with Crippen molar-refractivity contribution in [3.8, 4) is 0 Å². The second-order valence-electron chi connectivity index (χ2n) is 3.01. The molecule has 76 valence electrons. The highest BCUT2D eigenvalue weighted by molar-refractivity contribution is 5.75. The second kappa shape index (κ2) is 5.53. The van der Waals surface area contributed by atoms with E-state index in [0.717, 1.165) is 6.42 Å². The van der Waals surface area contributed by atoms with Gasteiger partial charge in [0.1, 0.15) is 6.04 Å². The molecular formula is C8H15NO4. The number of carbonyl (C=O) groups is 2. The van der Waals surface area contributed by atoms with Gasteiger partial charge in [-0.3, -0.25) is 9.59 Å². The van der Waals surface area contributed by atoms with E-state index < -0.39 is 23.9 Å². The first-order valence-electron chi connectivity index (χ1n) is 4.19. The van der Waals surface area contributed by atoms with Crippen LogP contribution in [0.15, 0.2) is 0 Å². The van der Waals surface area contributed by atoms with E-state index in [1.807, 2.05) is 6.92 Å². The minimum Gasteiger partial charge on any atom is -0.481 e. The molecule has 0 aromatic rings. The molecule has 2 atom stereocenters. The van der Waals surface area contributed by atoms with Crippen LogP contribution in [0.4, 0.5) is 0 Å². The van der Waals surface area contributed by atoms with E-state index in [2.05, 4.69) is 0 Å². The van der Waals surface area contributed by atoms with E-state index in [4.69, 9.17) is 15.9 Å². The van der Waals surface area contributed by atoms with Gasteiger partial charge in [0.25, 0.3) is 0 Å². The summed E-state index contributed by atoms with van der Waals surface area (Å²) in [6.07, 6.45) is 1.08. The van der Waals surface area contributed by atoms with Crippen LogP contribution in [-0.4, -0.2) is 28.2 Å². The Kier molecular flexibility index (Phi) is 5.06. The lowest BCUT2D eigenvalue weighted by molar-refractivity contribution is -0.142. The van der Waals surface area contributed by atoms with Crippen LogP contribution in [0.5, 0.6) is 0 Å². The maximum absolute atomic E-state index is 10.5. The lowest BCUT2D eigenvalue weighted by atomic mass is 9.92. The molecule has 0 aliphatic heterocycles. The average Bonchev–Trinajstić information content (AvgIpc) is 2.01. The van der Waals surface area contributed by atoms with Crippen molar-refractivity contribution in [1.29, 1.82) is 0 Å². The summed E-state index contributed by atoms with van der Waals surface area (Å²) in [5.41, 5.74) is 5.33. The van der Waals surface area contributed by atoms with Crippen LogP contribution in [0.2, 0.25) is 0 Å². The van der Waals surface area contributed by atoms with Crippen molar-refractivity contribution in [2.24, 2.45) is 11.7 Å². The summed E-state index contributed by atoms with van der Waals surface area (Å²) in [6.45, 7) is 1.86. The summed E-state index contributed by atoms with van der Waals surface area (Å²) in [7, 11) is 0. The van der Waals surface area contributed by atoms with Crippen LogP contribution < -0.4 is 5.73 Å². The summed E-state index contributed by atoms with van der Waals surface area (Å²) >= 11 is 0. The lowest BCUT2D eigenvalue weighted by Gasteiger charge is -2.17. The van der Waals surface area contributed by atoms with E-state index in [0.29, 0.717) is 6.42 Å². The van der Waals surface area contributed by atoms with Crippen molar-refractivity contribution < 1.29 is 19.8 Å². The molecule has 0 radical (unpaired) electrons. The molecule has 0 saturated heterocycles. The Morgan fingerprint density at radius 2 is 1.92 bits per heavy atom. The summed E-state index contributed by atoms with van der Waals surface area (Å²) in [4.78, 5) is 20.8. The number of nitrogens with two attached hydrogens (primary N) is 1. The molecular weight excluding hydrogens is 174 g/mol. The Labute approximate surface area is 76.5 Å². The highest BCUT2D eigenvalue weighted by Gasteiger charge is 2.25. The molecule has 0 aromatic carbocycles. The Balaban J connectivity index is 4.22. The molecule has 0 aromatic heterocycles. The number of aliphatic carboxylic acids is 2. The topological polar surface area (TPSA) is 101 Å². The molecule has 0 spiro atoms. The zero-order valence-electron chi connectivity index (χ0n) is 7.56. The van der Waals surface area contributed by atoms with Crippen LogP contribution in [0.1, 0.15) is 26.2 Å². The van der Waals surface area contributed by atoms with E-state index >= 15 is 0 Å². The van der Waals surface area contributed by atoms with Crippen LogP contribution in [0.3, 0.4) is 0 Å². The van der Waals surface area contributed by atoms with Gasteiger partial charge in [0.05, 0.1) is 6.42 Å². The fourth-order valence-corrected chi connectivity index (χ4v) is 1.21. The van der Waals surface area contributed by atoms with Gasteiger partial charge in [-0.15, -0.1) is 0 Å². The third kappa shape index (κ3) is 4.47. The SMILES string of the molecule is CCC[C@H](CC(=O)O)[C@H](N)C(=O)O. The molecule has 0 aliphatic carbocycles. The van der Waals surface area contributed by atoms with Crippen LogP contribution >= 0.6 is 0 Å². The van der Waals surface area contributed by atoms with Crippen LogP contribution in [-0.2, 0) is 9.59 Å². The second-order valence-corrected chi connectivity index (χ2v) is 3.01. The largest absolute Gasteiger partial charge is 0.481 e. The Hall–Kier alpha value is -1.10. The first-order chi connectivity index (χ1) is 5.99.